The Morgan fingerprint density at radius 3 is 2.73 bits per heavy atom. The van der Waals surface area contributed by atoms with Gasteiger partial charge < -0.3 is 9.47 Å². The molecular formula is C21H26O5. The molecule has 0 radical (unpaired) electrons. The highest BCUT2D eigenvalue weighted by Gasteiger charge is 2.76. The number of esters is 1. The van der Waals surface area contributed by atoms with E-state index in [1.165, 1.54) is 0 Å². The van der Waals surface area contributed by atoms with Gasteiger partial charge in [0.25, 0.3) is 6.47 Å². The van der Waals surface area contributed by atoms with Gasteiger partial charge in [0.05, 0.1) is 17.4 Å². The smallest absolute Gasteiger partial charge is 0.312 e. The molecule has 5 aliphatic carbocycles. The molecule has 140 valence electrons. The number of hydrogen-bond acceptors (Lipinski definition) is 5. The van der Waals surface area contributed by atoms with E-state index in [4.69, 9.17) is 9.47 Å². The monoisotopic (exact) mass is 358 g/mol. The number of cyclic esters (lactones) is 1. The van der Waals surface area contributed by atoms with Crippen molar-refractivity contribution in [1.82, 2.24) is 0 Å². The average Bonchev–Trinajstić information content (AvgIpc) is 2.63. The Kier molecular flexibility index (Phi) is 3.17. The molecular weight excluding hydrogens is 332 g/mol. The summed E-state index contributed by atoms with van der Waals surface area (Å²) in [5.41, 5.74) is -0.791. The van der Waals surface area contributed by atoms with Crippen LogP contribution in [0.15, 0.2) is 12.2 Å². The van der Waals surface area contributed by atoms with Crippen LogP contribution in [0.3, 0.4) is 0 Å². The lowest BCUT2D eigenvalue weighted by Crippen LogP contribution is -2.73. The molecule has 0 aromatic heterocycles. The van der Waals surface area contributed by atoms with Crippen molar-refractivity contribution >= 4 is 18.2 Å². The van der Waals surface area contributed by atoms with Crippen LogP contribution in [0.4, 0.5) is 0 Å². The van der Waals surface area contributed by atoms with Gasteiger partial charge in [-0.3, -0.25) is 14.4 Å². The predicted molar refractivity (Wildman–Crippen MR) is 91.8 cm³/mol. The Morgan fingerprint density at radius 1 is 1.15 bits per heavy atom. The molecule has 0 aromatic carbocycles. The van der Waals surface area contributed by atoms with E-state index in [-0.39, 0.29) is 34.9 Å². The molecule has 1 heterocycles. The number of fused-ring (bicyclic) bond motifs is 2. The third-order valence-electron chi connectivity index (χ3n) is 8.84. The van der Waals surface area contributed by atoms with Gasteiger partial charge in [0.15, 0.2) is 5.78 Å². The summed E-state index contributed by atoms with van der Waals surface area (Å²) in [6, 6.07) is 0. The summed E-state index contributed by atoms with van der Waals surface area (Å²) in [7, 11) is 0. The van der Waals surface area contributed by atoms with Crippen molar-refractivity contribution in [2.24, 2.45) is 34.0 Å². The largest absolute Gasteiger partial charge is 0.465 e. The summed E-state index contributed by atoms with van der Waals surface area (Å²) in [4.78, 5) is 37.9. The van der Waals surface area contributed by atoms with Crippen LogP contribution in [0.5, 0.6) is 0 Å². The molecule has 1 spiro atoms. The molecule has 7 atom stereocenters. The zero-order valence-electron chi connectivity index (χ0n) is 15.3. The highest BCUT2D eigenvalue weighted by atomic mass is 16.5. The quantitative estimate of drug-likeness (QED) is 0.431. The number of carbonyl (C=O) groups excluding carboxylic acids is 3. The van der Waals surface area contributed by atoms with Crippen LogP contribution in [-0.4, -0.2) is 30.9 Å². The van der Waals surface area contributed by atoms with E-state index in [1.807, 2.05) is 0 Å². The van der Waals surface area contributed by atoms with Gasteiger partial charge in [-0.15, -0.1) is 0 Å². The minimum atomic E-state index is -0.780. The second kappa shape index (κ2) is 4.99. The maximum Gasteiger partial charge on any atom is 0.312 e. The molecule has 5 saturated carbocycles. The Hall–Kier alpha value is -1.65. The summed E-state index contributed by atoms with van der Waals surface area (Å²) in [5.74, 6) is 0.103. The third-order valence-corrected chi connectivity index (χ3v) is 8.84. The SMILES string of the molecule is C=C1C(=O)C23CC[C@H]1CC2C12CCC[C@@](C)(COC1=O)C2C[C@H]3OC=O. The molecule has 4 bridgehead atoms. The topological polar surface area (TPSA) is 69.7 Å². The summed E-state index contributed by atoms with van der Waals surface area (Å²) in [6.07, 6.45) is 5.33. The first kappa shape index (κ1) is 16.5. The molecule has 5 heteroatoms. The molecule has 26 heavy (non-hydrogen) atoms. The second-order valence-electron chi connectivity index (χ2n) is 9.55. The minimum Gasteiger partial charge on any atom is -0.465 e. The van der Waals surface area contributed by atoms with Crippen molar-refractivity contribution in [3.05, 3.63) is 12.2 Å². The highest BCUT2D eigenvalue weighted by Crippen LogP contribution is 2.73. The number of ether oxygens (including phenoxy) is 2. The molecule has 6 fully saturated rings. The van der Waals surface area contributed by atoms with Crippen molar-refractivity contribution in [2.45, 2.75) is 58.0 Å². The summed E-state index contributed by atoms with van der Waals surface area (Å²) in [5, 5.41) is 0. The first-order valence-electron chi connectivity index (χ1n) is 9.90. The zero-order chi connectivity index (χ0) is 18.3. The number of Topliss-reactive ketones (excluding diaryl/α,β-unsaturated/α-hetero) is 1. The summed E-state index contributed by atoms with van der Waals surface area (Å²) < 4.78 is 11.3. The fraction of sp³-hybridized carbons (Fsp3) is 0.762. The lowest BCUT2D eigenvalue weighted by atomic mass is 9.35. The molecule has 1 aliphatic heterocycles. The number of allylic oxidation sites excluding steroid dienone is 1. The molecule has 5 nitrogen and oxygen atoms in total. The molecule has 0 amide bonds. The van der Waals surface area contributed by atoms with Crippen molar-refractivity contribution in [3.63, 3.8) is 0 Å². The first-order valence-corrected chi connectivity index (χ1v) is 9.90. The fourth-order valence-corrected chi connectivity index (χ4v) is 7.73. The summed E-state index contributed by atoms with van der Waals surface area (Å²) >= 11 is 0. The van der Waals surface area contributed by atoms with E-state index in [1.54, 1.807) is 0 Å². The Balaban J connectivity index is 1.72. The molecule has 6 rings (SSSR count). The number of rotatable bonds is 2. The van der Waals surface area contributed by atoms with Gasteiger partial charge in [0, 0.05) is 5.41 Å². The number of carbonyl (C=O) groups is 3. The van der Waals surface area contributed by atoms with Crippen LogP contribution >= 0.6 is 0 Å². The normalized spacial score (nSPS) is 52.0. The van der Waals surface area contributed by atoms with E-state index in [9.17, 15) is 14.4 Å². The van der Waals surface area contributed by atoms with Crippen LogP contribution < -0.4 is 0 Å². The minimum absolute atomic E-state index is 0.0373. The zero-order valence-corrected chi connectivity index (χ0v) is 15.3. The second-order valence-corrected chi connectivity index (χ2v) is 9.55. The highest BCUT2D eigenvalue weighted by molar-refractivity contribution is 6.03. The van der Waals surface area contributed by atoms with Crippen molar-refractivity contribution in [2.75, 3.05) is 6.61 Å². The van der Waals surface area contributed by atoms with Crippen LogP contribution in [0.2, 0.25) is 0 Å². The Labute approximate surface area is 153 Å². The van der Waals surface area contributed by atoms with Gasteiger partial charge in [-0.1, -0.05) is 19.9 Å². The third kappa shape index (κ3) is 1.62. The summed E-state index contributed by atoms with van der Waals surface area (Å²) in [6.45, 7) is 7.20. The van der Waals surface area contributed by atoms with Gasteiger partial charge in [-0.25, -0.2) is 0 Å². The first-order chi connectivity index (χ1) is 12.4. The van der Waals surface area contributed by atoms with Gasteiger partial charge in [0.2, 0.25) is 0 Å². The van der Waals surface area contributed by atoms with E-state index in [0.717, 1.165) is 32.1 Å². The van der Waals surface area contributed by atoms with E-state index in [2.05, 4.69) is 13.5 Å². The Morgan fingerprint density at radius 2 is 1.96 bits per heavy atom. The number of hydrogen-bond donors (Lipinski definition) is 0. The van der Waals surface area contributed by atoms with Crippen LogP contribution in [0.25, 0.3) is 0 Å². The molecule has 6 aliphatic rings. The number of ketones is 1. The molecule has 4 unspecified atom stereocenters. The van der Waals surface area contributed by atoms with Crippen molar-refractivity contribution in [1.29, 1.82) is 0 Å². The van der Waals surface area contributed by atoms with Crippen LogP contribution in [0, 0.1) is 34.0 Å². The van der Waals surface area contributed by atoms with Gasteiger partial charge in [0.1, 0.15) is 6.10 Å². The van der Waals surface area contributed by atoms with E-state index < -0.39 is 16.9 Å². The molecule has 1 saturated heterocycles. The maximum atomic E-state index is 13.4. The van der Waals surface area contributed by atoms with Crippen molar-refractivity contribution in [3.8, 4) is 0 Å². The predicted octanol–water partition coefficient (Wildman–Crippen LogP) is 2.82. The Bertz CT molecular complexity index is 728. The van der Waals surface area contributed by atoms with E-state index in [0.29, 0.717) is 31.5 Å². The fourth-order valence-electron chi connectivity index (χ4n) is 7.73. The van der Waals surface area contributed by atoms with Gasteiger partial charge >= 0.3 is 5.97 Å². The van der Waals surface area contributed by atoms with E-state index >= 15 is 0 Å². The van der Waals surface area contributed by atoms with Crippen LogP contribution in [-0.2, 0) is 23.9 Å². The van der Waals surface area contributed by atoms with Crippen LogP contribution in [0.1, 0.15) is 51.9 Å². The molecule has 0 N–H and O–H groups in total. The molecule has 0 aromatic rings. The van der Waals surface area contributed by atoms with Gasteiger partial charge in [-0.2, -0.15) is 0 Å². The average molecular weight is 358 g/mol. The van der Waals surface area contributed by atoms with Gasteiger partial charge in [-0.05, 0) is 61.9 Å². The maximum absolute atomic E-state index is 13.4. The lowest BCUT2D eigenvalue weighted by Gasteiger charge is -2.69. The standard InChI is InChI=1S/C21H26O5/c1-12-13-4-7-21(17(12)23)15(8-13)20-6-3-5-19(2,10-25-18(20)24)14(20)9-16(21)26-11-22/h11,13-16H,1,3-10H2,2H3/t13-,14?,15?,16+,19-,20?,21?/m0/s1. The van der Waals surface area contributed by atoms with Crippen molar-refractivity contribution < 1.29 is 23.9 Å². The lowest BCUT2D eigenvalue weighted by molar-refractivity contribution is -0.256.